The number of nitrogens with one attached hydrogen (secondary N) is 3. The monoisotopic (exact) mass is 451 g/mol. The van der Waals surface area contributed by atoms with E-state index in [0.717, 1.165) is 11.3 Å². The molecule has 0 saturated heterocycles. The van der Waals surface area contributed by atoms with Crippen LogP contribution in [0.15, 0.2) is 48.8 Å². The fourth-order valence-electron chi connectivity index (χ4n) is 2.80. The minimum atomic E-state index is -4.49. The molecule has 0 aliphatic carbocycles. The van der Waals surface area contributed by atoms with E-state index in [2.05, 4.69) is 15.8 Å². The number of hydrogen-bond acceptors (Lipinski definition) is 5. The summed E-state index contributed by atoms with van der Waals surface area (Å²) >= 11 is 0. The average Bonchev–Trinajstić information content (AvgIpc) is 3.15. The summed E-state index contributed by atoms with van der Waals surface area (Å²) in [7, 11) is 0. The third kappa shape index (κ3) is 6.68. The molecule has 32 heavy (non-hydrogen) atoms. The minimum absolute atomic E-state index is 0.0453. The van der Waals surface area contributed by atoms with E-state index in [9.17, 15) is 22.8 Å². The maximum atomic E-state index is 12.2. The van der Waals surface area contributed by atoms with Gasteiger partial charge in [-0.15, -0.1) is 0 Å². The molecule has 3 aromatic rings. The fraction of sp³-hybridized carbons (Fsp3) is 0.250. The lowest BCUT2D eigenvalue weighted by Crippen LogP contribution is -2.36. The van der Waals surface area contributed by atoms with E-state index in [1.807, 2.05) is 16.5 Å². The zero-order valence-corrected chi connectivity index (χ0v) is 16.6. The molecule has 4 N–H and O–H groups in total. The highest BCUT2D eigenvalue weighted by molar-refractivity contribution is 5.90. The van der Waals surface area contributed by atoms with Gasteiger partial charge >= 0.3 is 18.2 Å². The Morgan fingerprint density at radius 2 is 2.00 bits per heavy atom. The van der Waals surface area contributed by atoms with Gasteiger partial charge in [-0.25, -0.2) is 9.78 Å². The molecule has 1 aromatic carbocycles. The molecule has 9 nitrogen and oxygen atoms in total. The van der Waals surface area contributed by atoms with Gasteiger partial charge in [-0.2, -0.15) is 18.7 Å². The summed E-state index contributed by atoms with van der Waals surface area (Å²) in [5.74, 6) is -0.945. The summed E-state index contributed by atoms with van der Waals surface area (Å²) in [5.41, 5.74) is 5.95. The van der Waals surface area contributed by atoms with Crippen molar-refractivity contribution in [3.05, 3.63) is 54.4 Å². The number of pyridine rings is 1. The van der Waals surface area contributed by atoms with Gasteiger partial charge < -0.3 is 20.6 Å². The van der Waals surface area contributed by atoms with Crippen molar-refractivity contribution < 1.29 is 32.7 Å². The molecule has 0 saturated carbocycles. The van der Waals surface area contributed by atoms with Crippen LogP contribution >= 0.6 is 0 Å². The highest BCUT2D eigenvalue weighted by Gasteiger charge is 2.27. The highest BCUT2D eigenvalue weighted by Crippen LogP contribution is 2.24. The second-order valence-electron chi connectivity index (χ2n) is 6.72. The van der Waals surface area contributed by atoms with Crippen LogP contribution in [0.1, 0.15) is 12.0 Å². The van der Waals surface area contributed by atoms with Crippen LogP contribution in [0.25, 0.3) is 16.9 Å². The van der Waals surface area contributed by atoms with Crippen LogP contribution in [0.4, 0.5) is 23.7 Å². The Morgan fingerprint density at radius 1 is 1.19 bits per heavy atom. The number of aromatic nitrogens is 2. The molecule has 0 aliphatic rings. The lowest BCUT2D eigenvalue weighted by molar-refractivity contribution is -0.139. The van der Waals surface area contributed by atoms with Gasteiger partial charge in [0.1, 0.15) is 12.2 Å². The third-order valence-corrected chi connectivity index (χ3v) is 4.24. The molecule has 0 fully saturated rings. The molecule has 2 heterocycles. The lowest BCUT2D eigenvalue weighted by Gasteiger charge is -2.11. The number of carbonyl (C=O) groups excluding carboxylic acids is 1. The number of carbonyl (C=O) groups is 2. The van der Waals surface area contributed by atoms with Crippen molar-refractivity contribution in [3.8, 4) is 11.3 Å². The van der Waals surface area contributed by atoms with Crippen molar-refractivity contribution in [2.45, 2.75) is 19.1 Å². The summed E-state index contributed by atoms with van der Waals surface area (Å²) < 4.78 is 38.5. The molecule has 0 spiro atoms. The molecule has 2 aromatic heterocycles. The van der Waals surface area contributed by atoms with Crippen molar-refractivity contribution in [2.24, 2.45) is 0 Å². The predicted molar refractivity (Wildman–Crippen MR) is 109 cm³/mol. The number of halogens is 3. The topological polar surface area (TPSA) is 117 Å². The van der Waals surface area contributed by atoms with E-state index in [0.29, 0.717) is 23.4 Å². The van der Waals surface area contributed by atoms with E-state index in [1.165, 1.54) is 0 Å². The summed E-state index contributed by atoms with van der Waals surface area (Å²) in [6.07, 6.45) is -1.16. The van der Waals surface area contributed by atoms with Crippen molar-refractivity contribution >= 4 is 23.3 Å². The van der Waals surface area contributed by atoms with E-state index in [1.54, 1.807) is 42.0 Å². The summed E-state index contributed by atoms with van der Waals surface area (Å²) in [4.78, 5) is 31.6. The Kier molecular flexibility index (Phi) is 7.28. The van der Waals surface area contributed by atoms with Gasteiger partial charge in [0.15, 0.2) is 0 Å². The largest absolute Gasteiger partial charge is 0.481 e. The van der Waals surface area contributed by atoms with Crippen LogP contribution in [0.5, 0.6) is 0 Å². The van der Waals surface area contributed by atoms with Gasteiger partial charge in [-0.3, -0.25) is 9.20 Å². The van der Waals surface area contributed by atoms with Crippen molar-refractivity contribution in [1.29, 1.82) is 0 Å². The number of hydroxylamine groups is 1. The number of alkyl halides is 3. The first-order valence-electron chi connectivity index (χ1n) is 9.46. The maximum absolute atomic E-state index is 12.2. The number of fused-ring (bicyclic) bond motifs is 1. The van der Waals surface area contributed by atoms with E-state index in [-0.39, 0.29) is 13.0 Å². The predicted octanol–water partition coefficient (Wildman–Crippen LogP) is 3.18. The molecule has 0 unspecified atom stereocenters. The Balaban J connectivity index is 1.66. The number of anilines is 1. The van der Waals surface area contributed by atoms with Gasteiger partial charge in [-0.05, 0) is 29.8 Å². The quantitative estimate of drug-likeness (QED) is 0.293. The summed E-state index contributed by atoms with van der Waals surface area (Å²) in [5, 5.41) is 12.7. The van der Waals surface area contributed by atoms with Crippen LogP contribution < -0.4 is 16.1 Å². The van der Waals surface area contributed by atoms with Crippen LogP contribution in [0, 0.1) is 0 Å². The van der Waals surface area contributed by atoms with Crippen molar-refractivity contribution in [1.82, 2.24) is 20.2 Å². The van der Waals surface area contributed by atoms with Crippen molar-refractivity contribution in [3.63, 3.8) is 0 Å². The molecule has 3 rings (SSSR count). The van der Waals surface area contributed by atoms with E-state index < -0.39 is 24.7 Å². The molecular weight excluding hydrogens is 431 g/mol. The first-order chi connectivity index (χ1) is 15.2. The molecule has 0 aliphatic heterocycles. The number of imidazole rings is 1. The van der Waals surface area contributed by atoms with Gasteiger partial charge in [0.25, 0.3) is 0 Å². The highest BCUT2D eigenvalue weighted by atomic mass is 19.4. The third-order valence-electron chi connectivity index (χ3n) is 4.24. The van der Waals surface area contributed by atoms with Crippen LogP contribution in [0.3, 0.4) is 0 Å². The second kappa shape index (κ2) is 10.1. The first kappa shape index (κ1) is 23.0. The SMILES string of the molecule is O=C(O)CCONCc1ccn2c(-c3cccc(NC(=O)NCC(F)(F)F)c3)cnc2c1. The molecule has 2 amide bonds. The van der Waals surface area contributed by atoms with Crippen LogP contribution in [0.2, 0.25) is 0 Å². The molecule has 12 heteroatoms. The maximum Gasteiger partial charge on any atom is 0.405 e. The minimum Gasteiger partial charge on any atom is -0.481 e. The van der Waals surface area contributed by atoms with Gasteiger partial charge in [0.2, 0.25) is 0 Å². The average molecular weight is 451 g/mol. The molecular formula is C20H20F3N5O4. The number of hydrogen-bond donors (Lipinski definition) is 4. The molecule has 0 radical (unpaired) electrons. The number of aliphatic carboxylic acids is 1. The standard InChI is InChI=1S/C20H20F3N5O4/c21-20(22,23)12-25-19(31)27-15-3-1-2-14(9-15)16-11-24-17-8-13(4-6-28(16)17)10-26-32-7-5-18(29)30/h1-4,6,8-9,11,26H,5,7,10,12H2,(H,29,30)(H2,25,27,31). The van der Waals surface area contributed by atoms with Gasteiger partial charge in [0, 0.05) is 24.0 Å². The Bertz CT molecular complexity index is 1100. The number of carboxylic acids is 1. The van der Waals surface area contributed by atoms with Crippen LogP contribution in [-0.4, -0.2) is 45.8 Å². The second-order valence-corrected chi connectivity index (χ2v) is 6.72. The van der Waals surface area contributed by atoms with Crippen LogP contribution in [-0.2, 0) is 16.2 Å². The number of nitrogens with zero attached hydrogens (tertiary/aromatic N) is 2. The van der Waals surface area contributed by atoms with E-state index in [4.69, 9.17) is 9.94 Å². The summed E-state index contributed by atoms with van der Waals surface area (Å²) in [6.45, 7) is -1.03. The van der Waals surface area contributed by atoms with Gasteiger partial charge in [0.05, 0.1) is 24.9 Å². The van der Waals surface area contributed by atoms with Crippen molar-refractivity contribution in [2.75, 3.05) is 18.5 Å². The van der Waals surface area contributed by atoms with E-state index >= 15 is 0 Å². The number of carboxylic acid groups (broad SMARTS) is 1. The molecule has 0 atom stereocenters. The normalized spacial score (nSPS) is 11.5. The van der Waals surface area contributed by atoms with Gasteiger partial charge in [-0.1, -0.05) is 12.1 Å². The number of amides is 2. The smallest absolute Gasteiger partial charge is 0.405 e. The number of benzene rings is 1. The fourth-order valence-corrected chi connectivity index (χ4v) is 2.80. The Morgan fingerprint density at radius 3 is 2.75 bits per heavy atom. The lowest BCUT2D eigenvalue weighted by atomic mass is 10.1. The first-order valence-corrected chi connectivity index (χ1v) is 9.46. The molecule has 170 valence electrons. The number of urea groups is 1. The Labute approximate surface area is 180 Å². The Hall–Kier alpha value is -3.64. The summed E-state index contributed by atoms with van der Waals surface area (Å²) in [6, 6.07) is 9.34. The number of rotatable bonds is 9. The molecule has 0 bridgehead atoms. The zero-order valence-electron chi connectivity index (χ0n) is 16.6. The zero-order chi connectivity index (χ0) is 23.1.